The molecule has 20 heteroatoms. The fraction of sp³-hybridized carbons (Fsp3) is 0.587. The van der Waals surface area contributed by atoms with Crippen LogP contribution in [0.3, 0.4) is 0 Å². The Labute approximate surface area is 488 Å². The lowest BCUT2D eigenvalue weighted by Crippen LogP contribution is -2.63. The van der Waals surface area contributed by atoms with Crippen LogP contribution in [-0.4, -0.2) is 169 Å². The van der Waals surface area contributed by atoms with E-state index >= 15 is 0 Å². The van der Waals surface area contributed by atoms with Gasteiger partial charge in [-0.15, -0.1) is 0 Å². The number of likely N-dealkylation sites (N-methyl/N-ethyl adjacent to an activating group) is 1. The lowest BCUT2D eigenvalue weighted by atomic mass is 9.83. The predicted octanol–water partition coefficient (Wildman–Crippen LogP) is 4.74. The van der Waals surface area contributed by atoms with Crippen molar-refractivity contribution in [3.05, 3.63) is 115 Å². The van der Waals surface area contributed by atoms with Gasteiger partial charge in [0, 0.05) is 62.1 Å². The molecule has 11 N–H and O–H groups in total. The van der Waals surface area contributed by atoms with Gasteiger partial charge in [-0.05, 0) is 82.2 Å². The Morgan fingerprint density at radius 3 is 1.83 bits per heavy atom. The molecule has 1 saturated heterocycles. The number of aliphatic hydroxyl groups is 8. The van der Waals surface area contributed by atoms with Gasteiger partial charge >= 0.3 is 11.9 Å². The van der Waals surface area contributed by atoms with E-state index in [0.717, 1.165) is 0 Å². The average molecular weight is 1170 g/mol. The molecule has 1 fully saturated rings. The number of esters is 2. The zero-order chi connectivity index (χ0) is 61.6. The third-order valence-corrected chi connectivity index (χ3v) is 14.5. The summed E-state index contributed by atoms with van der Waals surface area (Å²) in [6.07, 6.45) is 6.04. The number of nitrogens with one attached hydrogen (secondary N) is 1. The standard InChI is InChI=1S/C63H92N2O18/c1-7-65-58-59(77)42(6)81-63(60(58)78)82-51-25-20-18-16-14-12-10-9-11-13-15-17-19-22-39(3)61(41(5)30-40(4)52(72)38-53(73)43-26-28-44(64)29-27-43)83-56(76)36-46(67)24-21-23-45(66)31-47(68)32-48(69)33-49(70)34-50(71)35-54(74)57(55(75)37-51)62(79)80-8-2/h9-20,22,25-29,39-42,47-49,51-52,54-55,57-61,63,65,68-70,72,74-75,77-78H,7-8,21,23-24,30-38,64H2,1-6H3/b10-9+,13-11+,14-12+,17-15+,18-16+,22-19+,25-20+. The first-order valence-corrected chi connectivity index (χ1v) is 28.9. The van der Waals surface area contributed by atoms with Gasteiger partial charge < -0.3 is 70.9 Å². The number of aliphatic hydroxyl groups excluding tert-OH is 8. The Morgan fingerprint density at radius 1 is 0.699 bits per heavy atom. The van der Waals surface area contributed by atoms with E-state index < -0.39 is 140 Å². The van der Waals surface area contributed by atoms with Crippen LogP contribution in [0.15, 0.2) is 109 Å². The number of carbonyl (C=O) groups excluding carboxylic acids is 6. The average Bonchev–Trinajstić information content (AvgIpc) is 3.53. The van der Waals surface area contributed by atoms with Gasteiger partial charge in [0.15, 0.2) is 12.1 Å². The minimum Gasteiger partial charge on any atom is -0.466 e. The van der Waals surface area contributed by atoms with Crippen molar-refractivity contribution in [2.24, 2.45) is 23.7 Å². The maximum absolute atomic E-state index is 13.3. The molecule has 3 rings (SSSR count). The number of cyclic esters (lactones) is 1. The highest BCUT2D eigenvalue weighted by atomic mass is 16.7. The fourth-order valence-corrected chi connectivity index (χ4v) is 10.0. The highest BCUT2D eigenvalue weighted by Gasteiger charge is 2.45. The van der Waals surface area contributed by atoms with Crippen LogP contribution in [0, 0.1) is 23.7 Å². The van der Waals surface area contributed by atoms with E-state index in [0.29, 0.717) is 24.2 Å². The fourth-order valence-electron chi connectivity index (χ4n) is 10.0. The van der Waals surface area contributed by atoms with Gasteiger partial charge in [-0.1, -0.05) is 113 Å². The van der Waals surface area contributed by atoms with Gasteiger partial charge in [0.05, 0.1) is 67.6 Å². The number of anilines is 1. The van der Waals surface area contributed by atoms with Gasteiger partial charge in [0.1, 0.15) is 41.9 Å². The number of hydrogen-bond acceptors (Lipinski definition) is 20. The van der Waals surface area contributed by atoms with Crippen molar-refractivity contribution in [3.63, 3.8) is 0 Å². The van der Waals surface area contributed by atoms with E-state index in [-0.39, 0.29) is 75.1 Å². The molecule has 20 nitrogen and oxygen atoms in total. The Bertz CT molecular complexity index is 2380. The zero-order valence-corrected chi connectivity index (χ0v) is 48.8. The summed E-state index contributed by atoms with van der Waals surface area (Å²) < 4.78 is 23.2. The molecule has 83 heavy (non-hydrogen) atoms. The number of carbonyl (C=O) groups is 6. The number of rotatable bonds is 13. The van der Waals surface area contributed by atoms with E-state index in [9.17, 15) is 69.6 Å². The van der Waals surface area contributed by atoms with Gasteiger partial charge in [-0.3, -0.25) is 28.8 Å². The molecule has 0 spiro atoms. The predicted molar refractivity (Wildman–Crippen MR) is 312 cm³/mol. The monoisotopic (exact) mass is 1160 g/mol. The minimum atomic E-state index is -1.81. The molecule has 2 aliphatic heterocycles. The normalized spacial score (nSPS) is 33.6. The smallest absolute Gasteiger partial charge is 0.314 e. The van der Waals surface area contributed by atoms with Crippen molar-refractivity contribution in [1.29, 1.82) is 0 Å². The number of nitrogen functional groups attached to an aromatic ring is 1. The molecule has 0 aromatic heterocycles. The van der Waals surface area contributed by atoms with E-state index in [1.54, 1.807) is 111 Å². The Hall–Kier alpha value is -5.62. The molecule has 2 aliphatic rings. The maximum atomic E-state index is 13.3. The molecule has 0 radical (unpaired) electrons. The molecule has 17 atom stereocenters. The molecule has 1 aromatic rings. The van der Waals surface area contributed by atoms with E-state index in [1.165, 1.54) is 13.0 Å². The first-order chi connectivity index (χ1) is 39.4. The minimum absolute atomic E-state index is 0.0720. The Balaban J connectivity index is 1.87. The van der Waals surface area contributed by atoms with Crippen molar-refractivity contribution >= 4 is 40.8 Å². The molecule has 0 bridgehead atoms. The van der Waals surface area contributed by atoms with Crippen LogP contribution in [0.2, 0.25) is 0 Å². The number of ether oxygens (including phenoxy) is 4. The van der Waals surface area contributed by atoms with Gasteiger partial charge in [-0.25, -0.2) is 0 Å². The van der Waals surface area contributed by atoms with Crippen molar-refractivity contribution in [1.82, 2.24) is 5.32 Å². The summed E-state index contributed by atoms with van der Waals surface area (Å²) in [7, 11) is 0. The molecule has 0 aliphatic carbocycles. The van der Waals surface area contributed by atoms with Crippen molar-refractivity contribution < 1.29 is 88.6 Å². The molecule has 0 amide bonds. The Kier molecular flexibility index (Phi) is 33.1. The zero-order valence-electron chi connectivity index (χ0n) is 48.8. The summed E-state index contributed by atoms with van der Waals surface area (Å²) in [6.45, 7) is 10.7. The molecular formula is C63H92N2O18. The summed E-state index contributed by atoms with van der Waals surface area (Å²) in [5.74, 6) is -6.41. The lowest BCUT2D eigenvalue weighted by molar-refractivity contribution is -0.281. The highest BCUT2D eigenvalue weighted by Crippen LogP contribution is 2.30. The van der Waals surface area contributed by atoms with Gasteiger partial charge in [-0.2, -0.15) is 0 Å². The highest BCUT2D eigenvalue weighted by molar-refractivity contribution is 5.97. The summed E-state index contributed by atoms with van der Waals surface area (Å²) in [5.41, 5.74) is 6.69. The van der Waals surface area contributed by atoms with E-state index in [2.05, 4.69) is 5.32 Å². The number of hydrogen-bond donors (Lipinski definition) is 10. The van der Waals surface area contributed by atoms with Crippen molar-refractivity contribution in [3.8, 4) is 0 Å². The van der Waals surface area contributed by atoms with Crippen LogP contribution in [0.5, 0.6) is 0 Å². The Morgan fingerprint density at radius 2 is 1.25 bits per heavy atom. The SMILES string of the molecule is CCNC1C(O)C(C)OC(OC2/C=C/C=C/C=C/C=C/C=C/C=C/C=C/C(C)C(C(C)CC(C)C(O)CC(=O)c3ccc(N)cc3)OC(=O)CC(=O)CCCC(=O)CC(O)CC(O)CC(O)CC(=O)CC(O)C(C(=O)OCC)C(O)C2)C1O. The number of allylic oxidation sites excluding steroid dienone is 12. The molecule has 0 saturated carbocycles. The first-order valence-electron chi connectivity index (χ1n) is 28.9. The molecule has 2 heterocycles. The second kappa shape index (κ2) is 38.4. The van der Waals surface area contributed by atoms with Crippen LogP contribution in [-0.2, 0) is 42.9 Å². The number of benzene rings is 1. The summed E-state index contributed by atoms with van der Waals surface area (Å²) in [4.78, 5) is 78.6. The summed E-state index contributed by atoms with van der Waals surface area (Å²) in [5, 5.41) is 91.1. The van der Waals surface area contributed by atoms with Gasteiger partial charge in [0.2, 0.25) is 0 Å². The third-order valence-electron chi connectivity index (χ3n) is 14.5. The second-order valence-corrected chi connectivity index (χ2v) is 21.8. The second-order valence-electron chi connectivity index (χ2n) is 21.8. The van der Waals surface area contributed by atoms with Crippen molar-refractivity contribution in [2.75, 3.05) is 18.9 Å². The molecule has 462 valence electrons. The van der Waals surface area contributed by atoms with Crippen LogP contribution in [0.25, 0.3) is 0 Å². The van der Waals surface area contributed by atoms with Crippen LogP contribution >= 0.6 is 0 Å². The van der Waals surface area contributed by atoms with Crippen LogP contribution in [0.4, 0.5) is 5.69 Å². The quantitative estimate of drug-likeness (QED) is 0.0552. The van der Waals surface area contributed by atoms with E-state index in [1.807, 2.05) is 26.8 Å². The largest absolute Gasteiger partial charge is 0.466 e. The van der Waals surface area contributed by atoms with E-state index in [4.69, 9.17) is 24.7 Å². The van der Waals surface area contributed by atoms with Gasteiger partial charge in [0.25, 0.3) is 0 Å². The number of nitrogens with two attached hydrogens (primary N) is 1. The molecule has 17 unspecified atom stereocenters. The number of Topliss-reactive ketones (excluding diaryl/α,β-unsaturated/α-hetero) is 4. The van der Waals surface area contributed by atoms with Crippen molar-refractivity contribution in [2.45, 2.75) is 198 Å². The number of ketones is 4. The topological polar surface area (TPSA) is 339 Å². The first kappa shape index (κ1) is 71.6. The summed E-state index contributed by atoms with van der Waals surface area (Å²) >= 11 is 0. The maximum Gasteiger partial charge on any atom is 0.314 e. The molecule has 1 aromatic carbocycles. The summed E-state index contributed by atoms with van der Waals surface area (Å²) in [6, 6.07) is 5.60. The molecular weight excluding hydrogens is 1070 g/mol. The van der Waals surface area contributed by atoms with Crippen LogP contribution < -0.4 is 11.1 Å². The lowest BCUT2D eigenvalue weighted by Gasteiger charge is -2.42. The third kappa shape index (κ3) is 26.9. The van der Waals surface area contributed by atoms with Crippen LogP contribution in [0.1, 0.15) is 129 Å².